The van der Waals surface area contributed by atoms with E-state index in [0.717, 1.165) is 21.6 Å². The van der Waals surface area contributed by atoms with Crippen molar-refractivity contribution in [3.63, 3.8) is 0 Å². The molecule has 0 spiro atoms. The first-order valence-electron chi connectivity index (χ1n) is 10.9. The molecule has 7 nitrogen and oxygen atoms in total. The zero-order valence-electron chi connectivity index (χ0n) is 18.4. The molecule has 2 aliphatic heterocycles. The highest BCUT2D eigenvalue weighted by molar-refractivity contribution is 6.22. The van der Waals surface area contributed by atoms with Crippen LogP contribution in [-0.4, -0.2) is 41.8 Å². The van der Waals surface area contributed by atoms with Crippen LogP contribution in [0.25, 0.3) is 0 Å². The predicted molar refractivity (Wildman–Crippen MR) is 121 cm³/mol. The molecule has 0 fully saturated rings. The standard InChI is InChI=1S/C27H21NO6/c1-33-27(32)23(28-24(29)20-8-4-5-9-21(20)25(28)30)13-16-10-11-18-14-17-6-2-3-7-19(17)15-34-26(31)22(18)12-16/h2-12,23H,13-15H2,1H3/t23-/m0/s1. The number of rotatable bonds is 4. The van der Waals surface area contributed by atoms with E-state index in [-0.39, 0.29) is 24.2 Å². The summed E-state index contributed by atoms with van der Waals surface area (Å²) in [6.07, 6.45) is 0.578. The van der Waals surface area contributed by atoms with E-state index in [1.54, 1.807) is 36.4 Å². The lowest BCUT2D eigenvalue weighted by Gasteiger charge is -2.24. The van der Waals surface area contributed by atoms with Crippen LogP contribution in [0.15, 0.2) is 66.7 Å². The summed E-state index contributed by atoms with van der Waals surface area (Å²) in [4.78, 5) is 52.3. The van der Waals surface area contributed by atoms with Crippen molar-refractivity contribution in [3.05, 3.63) is 106 Å². The number of hydrogen-bond acceptors (Lipinski definition) is 6. The van der Waals surface area contributed by atoms with Gasteiger partial charge in [-0.1, -0.05) is 48.5 Å². The lowest BCUT2D eigenvalue weighted by atomic mass is 9.92. The quantitative estimate of drug-likeness (QED) is 0.443. The molecule has 34 heavy (non-hydrogen) atoms. The number of cyclic esters (lactones) is 1. The summed E-state index contributed by atoms with van der Waals surface area (Å²) in [5.74, 6) is -2.25. The van der Waals surface area contributed by atoms with Crippen LogP contribution in [0.1, 0.15) is 53.3 Å². The Balaban J connectivity index is 1.48. The molecule has 0 bridgehead atoms. The van der Waals surface area contributed by atoms with Gasteiger partial charge < -0.3 is 9.47 Å². The number of imide groups is 1. The van der Waals surface area contributed by atoms with Crippen molar-refractivity contribution in [1.29, 1.82) is 0 Å². The summed E-state index contributed by atoms with van der Waals surface area (Å²) in [5, 5.41) is 0. The Morgan fingerprint density at radius 1 is 0.882 bits per heavy atom. The Kier molecular flexibility index (Phi) is 5.45. The minimum absolute atomic E-state index is 0.00922. The van der Waals surface area contributed by atoms with Crippen LogP contribution >= 0.6 is 0 Å². The molecule has 0 unspecified atom stereocenters. The van der Waals surface area contributed by atoms with E-state index >= 15 is 0 Å². The van der Waals surface area contributed by atoms with Crippen molar-refractivity contribution >= 4 is 23.8 Å². The van der Waals surface area contributed by atoms with Crippen molar-refractivity contribution in [2.45, 2.75) is 25.5 Å². The van der Waals surface area contributed by atoms with Gasteiger partial charge in [-0.05, 0) is 46.9 Å². The maximum absolute atomic E-state index is 13.0. The normalized spacial score (nSPS) is 15.4. The number of amides is 2. The number of methoxy groups -OCH3 is 1. The molecule has 0 saturated heterocycles. The SMILES string of the molecule is COC(=O)[C@H](Cc1ccc2c(c1)C(=O)OCc1ccccc1C2)N1C(=O)c2ccccc2C1=O. The summed E-state index contributed by atoms with van der Waals surface area (Å²) in [6, 6.07) is 18.4. The molecule has 7 heteroatoms. The van der Waals surface area contributed by atoms with Crippen molar-refractivity contribution in [3.8, 4) is 0 Å². The number of fused-ring (bicyclic) bond motifs is 3. The number of benzene rings is 3. The minimum Gasteiger partial charge on any atom is -0.467 e. The minimum atomic E-state index is -1.17. The molecular formula is C27H21NO6. The third-order valence-electron chi connectivity index (χ3n) is 6.29. The average Bonchev–Trinajstić information content (AvgIpc) is 3.11. The molecule has 1 atom stereocenters. The Labute approximate surface area is 195 Å². The fourth-order valence-electron chi connectivity index (χ4n) is 4.52. The van der Waals surface area contributed by atoms with Gasteiger partial charge in [0.2, 0.25) is 0 Å². The molecule has 0 radical (unpaired) electrons. The molecule has 5 rings (SSSR count). The van der Waals surface area contributed by atoms with Gasteiger partial charge in [0.1, 0.15) is 12.6 Å². The van der Waals surface area contributed by atoms with Crippen LogP contribution in [0.4, 0.5) is 0 Å². The lowest BCUT2D eigenvalue weighted by molar-refractivity contribution is -0.145. The molecule has 2 amide bonds. The lowest BCUT2D eigenvalue weighted by Crippen LogP contribution is -2.46. The molecule has 0 aliphatic carbocycles. The Morgan fingerprint density at radius 2 is 1.53 bits per heavy atom. The summed E-state index contributed by atoms with van der Waals surface area (Å²) in [5.41, 5.74) is 4.35. The van der Waals surface area contributed by atoms with Crippen LogP contribution < -0.4 is 0 Å². The molecule has 0 aromatic heterocycles. The van der Waals surface area contributed by atoms with Crippen molar-refractivity contribution < 1.29 is 28.7 Å². The molecule has 0 saturated carbocycles. The maximum atomic E-state index is 13.0. The van der Waals surface area contributed by atoms with Gasteiger partial charge in [0.05, 0.1) is 23.8 Å². The molecule has 2 aliphatic rings. The second kappa shape index (κ2) is 8.59. The number of hydrogen-bond donors (Lipinski definition) is 0. The van der Waals surface area contributed by atoms with E-state index in [0.29, 0.717) is 17.5 Å². The Bertz CT molecular complexity index is 1310. The van der Waals surface area contributed by atoms with Gasteiger partial charge in [-0.25, -0.2) is 9.59 Å². The molecule has 3 aromatic rings. The monoisotopic (exact) mass is 455 g/mol. The largest absolute Gasteiger partial charge is 0.467 e. The van der Waals surface area contributed by atoms with Gasteiger partial charge in [-0.3, -0.25) is 14.5 Å². The Hall–Kier alpha value is -4.26. The zero-order valence-corrected chi connectivity index (χ0v) is 18.4. The second-order valence-electron chi connectivity index (χ2n) is 8.28. The Morgan fingerprint density at radius 3 is 2.21 bits per heavy atom. The van der Waals surface area contributed by atoms with Crippen LogP contribution in [0, 0.1) is 0 Å². The summed E-state index contributed by atoms with van der Waals surface area (Å²) < 4.78 is 10.4. The fraction of sp³-hybridized carbons (Fsp3) is 0.185. The van der Waals surface area contributed by atoms with Crippen LogP contribution in [0.3, 0.4) is 0 Å². The summed E-state index contributed by atoms with van der Waals surface area (Å²) >= 11 is 0. The summed E-state index contributed by atoms with van der Waals surface area (Å²) in [7, 11) is 1.21. The molecule has 3 aromatic carbocycles. The number of esters is 2. The molecule has 0 N–H and O–H groups in total. The average molecular weight is 455 g/mol. The van der Waals surface area contributed by atoms with E-state index < -0.39 is 29.8 Å². The van der Waals surface area contributed by atoms with Gasteiger partial charge in [-0.15, -0.1) is 0 Å². The van der Waals surface area contributed by atoms with Crippen molar-refractivity contribution in [2.24, 2.45) is 0 Å². The highest BCUT2D eigenvalue weighted by Crippen LogP contribution is 2.28. The molecule has 170 valence electrons. The predicted octanol–water partition coefficient (Wildman–Crippen LogP) is 3.33. The zero-order chi connectivity index (χ0) is 23.8. The topological polar surface area (TPSA) is 90.0 Å². The van der Waals surface area contributed by atoms with E-state index in [9.17, 15) is 19.2 Å². The van der Waals surface area contributed by atoms with Crippen LogP contribution in [0.2, 0.25) is 0 Å². The third-order valence-corrected chi connectivity index (χ3v) is 6.29. The van der Waals surface area contributed by atoms with Crippen LogP contribution in [-0.2, 0) is 33.7 Å². The summed E-state index contributed by atoms with van der Waals surface area (Å²) in [6.45, 7) is 0.179. The van der Waals surface area contributed by atoms with Crippen molar-refractivity contribution in [1.82, 2.24) is 4.90 Å². The first-order valence-corrected chi connectivity index (χ1v) is 10.9. The maximum Gasteiger partial charge on any atom is 0.338 e. The number of nitrogens with zero attached hydrogens (tertiary/aromatic N) is 1. The van der Waals surface area contributed by atoms with E-state index in [1.165, 1.54) is 7.11 Å². The van der Waals surface area contributed by atoms with Gasteiger partial charge >= 0.3 is 11.9 Å². The highest BCUT2D eigenvalue weighted by atomic mass is 16.5. The third kappa shape index (κ3) is 3.65. The van der Waals surface area contributed by atoms with Crippen LogP contribution in [0.5, 0.6) is 0 Å². The van der Waals surface area contributed by atoms with Gasteiger partial charge in [0.25, 0.3) is 11.8 Å². The van der Waals surface area contributed by atoms with Crippen molar-refractivity contribution in [2.75, 3.05) is 7.11 Å². The number of carbonyl (C=O) groups is 4. The van der Waals surface area contributed by atoms with Gasteiger partial charge in [0.15, 0.2) is 0 Å². The number of carbonyl (C=O) groups excluding carboxylic acids is 4. The van der Waals surface area contributed by atoms with E-state index in [4.69, 9.17) is 9.47 Å². The molecule has 2 heterocycles. The first-order chi connectivity index (χ1) is 16.5. The van der Waals surface area contributed by atoms with E-state index in [1.807, 2.05) is 30.3 Å². The smallest absolute Gasteiger partial charge is 0.338 e. The highest BCUT2D eigenvalue weighted by Gasteiger charge is 2.43. The molecular weight excluding hydrogens is 434 g/mol. The number of ether oxygens (including phenoxy) is 2. The van der Waals surface area contributed by atoms with Gasteiger partial charge in [0, 0.05) is 6.42 Å². The van der Waals surface area contributed by atoms with Gasteiger partial charge in [-0.2, -0.15) is 0 Å². The second-order valence-corrected chi connectivity index (χ2v) is 8.28. The first kappa shape index (κ1) is 21.6. The fourth-order valence-corrected chi connectivity index (χ4v) is 4.52. The van der Waals surface area contributed by atoms with E-state index in [2.05, 4.69) is 0 Å².